The van der Waals surface area contributed by atoms with Crippen LogP contribution in [-0.2, 0) is 10.3 Å². The molecule has 0 aliphatic heterocycles. The number of amides is 1. The van der Waals surface area contributed by atoms with Gasteiger partial charge >= 0.3 is 0 Å². The summed E-state index contributed by atoms with van der Waals surface area (Å²) < 4.78 is 1.63. The molecule has 1 N–H and O–H groups in total. The molecule has 2 aromatic rings. The van der Waals surface area contributed by atoms with Gasteiger partial charge in [0.05, 0.1) is 0 Å². The van der Waals surface area contributed by atoms with E-state index in [0.29, 0.717) is 5.92 Å². The van der Waals surface area contributed by atoms with Crippen LogP contribution < -0.4 is 5.32 Å². The molecule has 3 rings (SSSR count). The van der Waals surface area contributed by atoms with Crippen molar-refractivity contribution >= 4 is 11.6 Å². The minimum absolute atomic E-state index is 0.0261. The molecule has 0 atom stereocenters. The van der Waals surface area contributed by atoms with E-state index in [0.717, 1.165) is 37.8 Å². The topological polar surface area (TPSA) is 72.7 Å². The number of benzene rings is 1. The van der Waals surface area contributed by atoms with E-state index in [2.05, 4.69) is 46.8 Å². The maximum absolute atomic E-state index is 13.0. The molecule has 6 heteroatoms. The molecule has 122 valence electrons. The van der Waals surface area contributed by atoms with Crippen LogP contribution in [0.15, 0.2) is 30.6 Å². The van der Waals surface area contributed by atoms with Crippen LogP contribution in [0.5, 0.6) is 0 Å². The molecule has 1 fully saturated rings. The Labute approximate surface area is 136 Å². The van der Waals surface area contributed by atoms with E-state index in [1.807, 2.05) is 12.1 Å². The van der Waals surface area contributed by atoms with E-state index in [1.165, 1.54) is 5.56 Å². The van der Waals surface area contributed by atoms with Crippen molar-refractivity contribution in [3.8, 4) is 0 Å². The number of carbonyl (C=O) groups is 1. The summed E-state index contributed by atoms with van der Waals surface area (Å²) in [6.45, 7) is 4.31. The number of carbonyl (C=O) groups excluding carboxylic acids is 1. The summed E-state index contributed by atoms with van der Waals surface area (Å²) in [5.41, 5.74) is 1.41. The van der Waals surface area contributed by atoms with Crippen molar-refractivity contribution in [3.63, 3.8) is 0 Å². The molecule has 1 amide bonds. The average Bonchev–Trinajstić information content (AvgIpc) is 3.11. The molecular weight excluding hydrogens is 290 g/mol. The molecule has 0 spiro atoms. The van der Waals surface area contributed by atoms with Crippen LogP contribution in [-0.4, -0.2) is 26.1 Å². The van der Waals surface area contributed by atoms with Gasteiger partial charge in [-0.15, -0.1) is 5.10 Å². The fraction of sp³-hybridized carbons (Fsp3) is 0.529. The van der Waals surface area contributed by atoms with Crippen LogP contribution in [0.3, 0.4) is 0 Å². The number of hydrogen-bond acceptors (Lipinski definition) is 4. The monoisotopic (exact) mass is 313 g/mol. The maximum atomic E-state index is 13.0. The van der Waals surface area contributed by atoms with Gasteiger partial charge in [-0.25, -0.2) is 4.68 Å². The van der Waals surface area contributed by atoms with Crippen LogP contribution in [0.2, 0.25) is 0 Å². The summed E-state index contributed by atoms with van der Waals surface area (Å²) in [5.74, 6) is 0.451. The molecule has 1 aliphatic rings. The lowest BCUT2D eigenvalue weighted by atomic mass is 9.81. The molecule has 23 heavy (non-hydrogen) atoms. The van der Waals surface area contributed by atoms with E-state index < -0.39 is 5.54 Å². The van der Waals surface area contributed by atoms with Crippen LogP contribution >= 0.6 is 0 Å². The zero-order valence-electron chi connectivity index (χ0n) is 13.7. The minimum atomic E-state index is -0.668. The van der Waals surface area contributed by atoms with Gasteiger partial charge in [-0.1, -0.05) is 45.2 Å². The Hall–Kier alpha value is -2.24. The lowest BCUT2D eigenvalue weighted by Gasteiger charge is -2.35. The average molecular weight is 313 g/mol. The highest BCUT2D eigenvalue weighted by Crippen LogP contribution is 2.35. The highest BCUT2D eigenvalue weighted by molar-refractivity contribution is 5.96. The van der Waals surface area contributed by atoms with E-state index in [9.17, 15) is 4.79 Å². The van der Waals surface area contributed by atoms with Crippen LogP contribution in [0.1, 0.15) is 57.4 Å². The number of rotatable bonds is 4. The smallest absolute Gasteiger partial charge is 0.252 e. The Bertz CT molecular complexity index is 642. The Morgan fingerprint density at radius 3 is 2.43 bits per heavy atom. The van der Waals surface area contributed by atoms with Crippen molar-refractivity contribution in [1.29, 1.82) is 0 Å². The first-order valence-electron chi connectivity index (χ1n) is 8.27. The van der Waals surface area contributed by atoms with E-state index in [-0.39, 0.29) is 5.91 Å². The molecule has 0 unspecified atom stereocenters. The van der Waals surface area contributed by atoms with Gasteiger partial charge in [-0.05, 0) is 46.9 Å². The molecular formula is C17H23N5O. The van der Waals surface area contributed by atoms with Gasteiger partial charge in [0.2, 0.25) is 0 Å². The van der Waals surface area contributed by atoms with Crippen LogP contribution in [0, 0.1) is 0 Å². The molecule has 0 bridgehead atoms. The first kappa shape index (κ1) is 15.6. The van der Waals surface area contributed by atoms with Gasteiger partial charge in [0.15, 0.2) is 0 Å². The Morgan fingerprint density at radius 1 is 1.17 bits per heavy atom. The van der Waals surface area contributed by atoms with Gasteiger partial charge in [0.1, 0.15) is 11.9 Å². The van der Waals surface area contributed by atoms with Crippen molar-refractivity contribution in [2.24, 2.45) is 0 Å². The fourth-order valence-electron chi connectivity index (χ4n) is 3.25. The van der Waals surface area contributed by atoms with Gasteiger partial charge in [-0.3, -0.25) is 4.79 Å². The van der Waals surface area contributed by atoms with Crippen molar-refractivity contribution in [2.45, 2.75) is 57.4 Å². The summed E-state index contributed by atoms with van der Waals surface area (Å²) in [4.78, 5) is 13.0. The lowest BCUT2D eigenvalue weighted by Crippen LogP contribution is -2.47. The number of nitrogens with one attached hydrogen (secondary N) is 1. The number of tetrazole rings is 1. The van der Waals surface area contributed by atoms with Crippen molar-refractivity contribution in [2.75, 3.05) is 5.32 Å². The molecule has 1 heterocycles. The standard InChI is InChI=1S/C17H23N5O/c1-13(2)14-6-8-15(9-7-14)19-16(23)17(10-4-3-5-11-17)22-12-18-20-21-22/h6-9,12-13H,3-5,10-11H2,1-2H3,(H,19,23). The van der Waals surface area contributed by atoms with Gasteiger partial charge < -0.3 is 5.32 Å². The summed E-state index contributed by atoms with van der Waals surface area (Å²) in [6.07, 6.45) is 6.27. The summed E-state index contributed by atoms with van der Waals surface area (Å²) in [7, 11) is 0. The number of aromatic nitrogens is 4. The molecule has 1 saturated carbocycles. The first-order valence-corrected chi connectivity index (χ1v) is 8.27. The predicted molar refractivity (Wildman–Crippen MR) is 88.0 cm³/mol. The third kappa shape index (κ3) is 3.11. The number of anilines is 1. The highest BCUT2D eigenvalue weighted by Gasteiger charge is 2.42. The van der Waals surface area contributed by atoms with Crippen LogP contribution in [0.4, 0.5) is 5.69 Å². The van der Waals surface area contributed by atoms with Gasteiger partial charge in [-0.2, -0.15) is 0 Å². The maximum Gasteiger partial charge on any atom is 0.252 e. The SMILES string of the molecule is CC(C)c1ccc(NC(=O)C2(n3cnnn3)CCCCC2)cc1. The fourth-order valence-corrected chi connectivity index (χ4v) is 3.25. The number of hydrogen-bond donors (Lipinski definition) is 1. The third-order valence-corrected chi connectivity index (χ3v) is 4.73. The molecule has 1 aromatic heterocycles. The Morgan fingerprint density at radius 2 is 1.87 bits per heavy atom. The second-order valence-electron chi connectivity index (χ2n) is 6.58. The highest BCUT2D eigenvalue weighted by atomic mass is 16.2. The molecule has 0 saturated heterocycles. The van der Waals surface area contributed by atoms with Crippen molar-refractivity contribution in [1.82, 2.24) is 20.2 Å². The molecule has 1 aromatic carbocycles. The third-order valence-electron chi connectivity index (χ3n) is 4.73. The summed E-state index contributed by atoms with van der Waals surface area (Å²) >= 11 is 0. The predicted octanol–water partition coefficient (Wildman–Crippen LogP) is 3.09. The van der Waals surface area contributed by atoms with Crippen molar-refractivity contribution in [3.05, 3.63) is 36.2 Å². The second kappa shape index (κ2) is 6.48. The minimum Gasteiger partial charge on any atom is -0.324 e. The van der Waals surface area contributed by atoms with Gasteiger partial charge in [0, 0.05) is 5.69 Å². The quantitative estimate of drug-likeness (QED) is 0.941. The normalized spacial score (nSPS) is 17.2. The first-order chi connectivity index (χ1) is 11.1. The van der Waals surface area contributed by atoms with E-state index in [1.54, 1.807) is 11.0 Å². The largest absolute Gasteiger partial charge is 0.324 e. The zero-order valence-corrected chi connectivity index (χ0v) is 13.7. The molecule has 0 radical (unpaired) electrons. The van der Waals surface area contributed by atoms with E-state index >= 15 is 0 Å². The summed E-state index contributed by atoms with van der Waals surface area (Å²) in [6, 6.07) is 8.04. The molecule has 1 aliphatic carbocycles. The summed E-state index contributed by atoms with van der Waals surface area (Å²) in [5, 5.41) is 14.5. The zero-order chi connectivity index (χ0) is 16.3. The Kier molecular flexibility index (Phi) is 4.41. The van der Waals surface area contributed by atoms with Gasteiger partial charge in [0.25, 0.3) is 5.91 Å². The Balaban J connectivity index is 1.81. The van der Waals surface area contributed by atoms with E-state index in [4.69, 9.17) is 0 Å². The second-order valence-corrected chi connectivity index (χ2v) is 6.58. The van der Waals surface area contributed by atoms with Crippen molar-refractivity contribution < 1.29 is 4.79 Å². The molecule has 6 nitrogen and oxygen atoms in total. The lowest BCUT2D eigenvalue weighted by molar-refractivity contribution is -0.126. The number of nitrogens with zero attached hydrogens (tertiary/aromatic N) is 4. The van der Waals surface area contributed by atoms with Crippen LogP contribution in [0.25, 0.3) is 0 Å².